The molecule has 0 bridgehead atoms. The van der Waals surface area contributed by atoms with Crippen LogP contribution in [0.4, 0.5) is 0 Å². The van der Waals surface area contributed by atoms with Gasteiger partial charge in [-0.1, -0.05) is 0 Å². The molecule has 3 heteroatoms. The Bertz CT molecular complexity index is 203. The molecule has 2 saturated heterocycles. The summed E-state index contributed by atoms with van der Waals surface area (Å²) < 4.78 is 6.71. The number of rotatable bonds is 1. The molecule has 2 aliphatic rings. The standard InChI is InChI=1S/C9H15N2O/c10-4-3-9-7-11(8-12-9)5-1-2-6-11/h9H,1-3,5-8H2/q+1. The van der Waals surface area contributed by atoms with E-state index in [1.807, 2.05) is 0 Å². The monoisotopic (exact) mass is 167 g/mol. The topological polar surface area (TPSA) is 33.0 Å². The van der Waals surface area contributed by atoms with Crippen LogP contribution in [0.15, 0.2) is 0 Å². The van der Waals surface area contributed by atoms with Crippen LogP contribution in [-0.4, -0.2) is 37.0 Å². The van der Waals surface area contributed by atoms with Crippen molar-refractivity contribution in [2.24, 2.45) is 0 Å². The lowest BCUT2D eigenvalue weighted by Crippen LogP contribution is -2.43. The summed E-state index contributed by atoms with van der Waals surface area (Å²) in [5.74, 6) is 0. The van der Waals surface area contributed by atoms with Crippen molar-refractivity contribution in [1.29, 1.82) is 5.26 Å². The predicted molar refractivity (Wildman–Crippen MR) is 44.1 cm³/mol. The van der Waals surface area contributed by atoms with Crippen molar-refractivity contribution in [2.75, 3.05) is 26.4 Å². The van der Waals surface area contributed by atoms with Crippen LogP contribution in [-0.2, 0) is 4.74 Å². The van der Waals surface area contributed by atoms with Gasteiger partial charge >= 0.3 is 0 Å². The van der Waals surface area contributed by atoms with E-state index < -0.39 is 0 Å². The lowest BCUT2D eigenvalue weighted by Gasteiger charge is -2.26. The molecular formula is C9H15N2O+. The maximum atomic E-state index is 8.52. The first-order valence-electron chi connectivity index (χ1n) is 4.68. The van der Waals surface area contributed by atoms with Gasteiger partial charge in [0.15, 0.2) is 6.73 Å². The van der Waals surface area contributed by atoms with Crippen LogP contribution in [0.3, 0.4) is 0 Å². The predicted octanol–water partition coefficient (Wildman–Crippen LogP) is 0.867. The summed E-state index contributed by atoms with van der Waals surface area (Å²) in [6.45, 7) is 4.46. The second-order valence-electron chi connectivity index (χ2n) is 3.96. The zero-order valence-electron chi connectivity index (χ0n) is 7.33. The van der Waals surface area contributed by atoms with Gasteiger partial charge in [-0.15, -0.1) is 0 Å². The zero-order valence-corrected chi connectivity index (χ0v) is 7.33. The highest BCUT2D eigenvalue weighted by atomic mass is 16.5. The van der Waals surface area contributed by atoms with Gasteiger partial charge in [0.05, 0.1) is 25.6 Å². The van der Waals surface area contributed by atoms with Crippen LogP contribution in [0.5, 0.6) is 0 Å². The summed E-state index contributed by atoms with van der Waals surface area (Å²) in [7, 11) is 0. The molecule has 2 fully saturated rings. The van der Waals surface area contributed by atoms with E-state index in [-0.39, 0.29) is 6.10 Å². The number of nitriles is 1. The van der Waals surface area contributed by atoms with Gasteiger partial charge in [-0.2, -0.15) is 5.26 Å². The van der Waals surface area contributed by atoms with Gasteiger partial charge in [0, 0.05) is 12.8 Å². The van der Waals surface area contributed by atoms with Gasteiger partial charge in [0.2, 0.25) is 0 Å². The Kier molecular flexibility index (Phi) is 2.03. The van der Waals surface area contributed by atoms with Crippen molar-refractivity contribution >= 4 is 0 Å². The highest BCUT2D eigenvalue weighted by Gasteiger charge is 2.40. The van der Waals surface area contributed by atoms with Gasteiger partial charge in [-0.25, -0.2) is 0 Å². The van der Waals surface area contributed by atoms with E-state index in [0.717, 1.165) is 17.8 Å². The molecule has 0 aromatic heterocycles. The number of nitrogens with zero attached hydrogens (tertiary/aromatic N) is 2. The molecule has 2 aliphatic heterocycles. The first-order valence-corrected chi connectivity index (χ1v) is 4.68. The minimum Gasteiger partial charge on any atom is -0.321 e. The molecule has 2 heterocycles. The summed E-state index contributed by atoms with van der Waals surface area (Å²) in [5.41, 5.74) is 0. The Labute approximate surface area is 73.1 Å². The molecule has 3 nitrogen and oxygen atoms in total. The smallest absolute Gasteiger partial charge is 0.183 e. The molecule has 0 aliphatic carbocycles. The average molecular weight is 167 g/mol. The molecule has 0 N–H and O–H groups in total. The van der Waals surface area contributed by atoms with Crippen molar-refractivity contribution in [2.45, 2.75) is 25.4 Å². The Morgan fingerprint density at radius 2 is 2.17 bits per heavy atom. The lowest BCUT2D eigenvalue weighted by atomic mass is 10.2. The Balaban J connectivity index is 1.93. The van der Waals surface area contributed by atoms with Gasteiger partial charge in [0.25, 0.3) is 0 Å². The number of hydrogen-bond donors (Lipinski definition) is 0. The third kappa shape index (κ3) is 1.33. The minimum atomic E-state index is 0.216. The van der Waals surface area contributed by atoms with Crippen LogP contribution in [0.25, 0.3) is 0 Å². The van der Waals surface area contributed by atoms with E-state index in [1.54, 1.807) is 0 Å². The summed E-state index contributed by atoms with van der Waals surface area (Å²) >= 11 is 0. The van der Waals surface area contributed by atoms with Crippen LogP contribution in [0.2, 0.25) is 0 Å². The normalized spacial score (nSPS) is 32.4. The van der Waals surface area contributed by atoms with E-state index in [1.165, 1.54) is 25.9 Å². The molecule has 2 rings (SSSR count). The quantitative estimate of drug-likeness (QED) is 0.543. The van der Waals surface area contributed by atoms with Gasteiger partial charge < -0.3 is 4.74 Å². The maximum absolute atomic E-state index is 8.52. The maximum Gasteiger partial charge on any atom is 0.183 e. The van der Waals surface area contributed by atoms with E-state index in [0.29, 0.717) is 6.42 Å². The van der Waals surface area contributed by atoms with Crippen molar-refractivity contribution in [3.8, 4) is 6.07 Å². The molecule has 0 saturated carbocycles. The van der Waals surface area contributed by atoms with Gasteiger partial charge in [-0.05, 0) is 0 Å². The SMILES string of the molecule is N#CCC1C[N+]2(CCCC2)CO1. The first kappa shape index (κ1) is 8.03. The fraction of sp³-hybridized carbons (Fsp3) is 0.889. The number of ether oxygens (including phenoxy) is 1. The highest BCUT2D eigenvalue weighted by molar-refractivity contribution is 4.78. The van der Waals surface area contributed by atoms with E-state index in [2.05, 4.69) is 6.07 Å². The Morgan fingerprint density at radius 3 is 2.83 bits per heavy atom. The van der Waals surface area contributed by atoms with Crippen molar-refractivity contribution in [3.63, 3.8) is 0 Å². The molecular weight excluding hydrogens is 152 g/mol. The summed E-state index contributed by atoms with van der Waals surface area (Å²) in [6.07, 6.45) is 3.46. The summed E-state index contributed by atoms with van der Waals surface area (Å²) in [6, 6.07) is 2.18. The molecule has 66 valence electrons. The fourth-order valence-electron chi connectivity index (χ4n) is 2.34. The van der Waals surface area contributed by atoms with E-state index >= 15 is 0 Å². The van der Waals surface area contributed by atoms with Crippen LogP contribution < -0.4 is 0 Å². The Morgan fingerprint density at radius 1 is 1.42 bits per heavy atom. The molecule has 0 aromatic carbocycles. The highest BCUT2D eigenvalue weighted by Crippen LogP contribution is 2.26. The minimum absolute atomic E-state index is 0.216. The molecule has 0 aromatic rings. The van der Waals surface area contributed by atoms with E-state index in [4.69, 9.17) is 10.00 Å². The third-order valence-corrected chi connectivity index (χ3v) is 3.01. The molecule has 1 spiro atoms. The number of quaternary nitrogens is 1. The lowest BCUT2D eigenvalue weighted by molar-refractivity contribution is -0.914. The molecule has 0 radical (unpaired) electrons. The molecule has 1 unspecified atom stereocenters. The number of hydrogen-bond acceptors (Lipinski definition) is 2. The van der Waals surface area contributed by atoms with Gasteiger partial charge in [0.1, 0.15) is 12.6 Å². The van der Waals surface area contributed by atoms with Crippen LogP contribution >= 0.6 is 0 Å². The van der Waals surface area contributed by atoms with Crippen molar-refractivity contribution < 1.29 is 9.22 Å². The average Bonchev–Trinajstić information content (AvgIpc) is 2.65. The largest absolute Gasteiger partial charge is 0.321 e. The van der Waals surface area contributed by atoms with Crippen molar-refractivity contribution in [1.82, 2.24) is 0 Å². The molecule has 0 amide bonds. The fourth-order valence-corrected chi connectivity index (χ4v) is 2.34. The second-order valence-corrected chi connectivity index (χ2v) is 3.96. The Hall–Kier alpha value is -0.590. The van der Waals surface area contributed by atoms with E-state index in [9.17, 15) is 0 Å². The zero-order chi connectivity index (χ0) is 8.44. The summed E-state index contributed by atoms with van der Waals surface area (Å²) in [5, 5.41) is 8.52. The second kappa shape index (κ2) is 3.04. The first-order chi connectivity index (χ1) is 5.85. The summed E-state index contributed by atoms with van der Waals surface area (Å²) in [4.78, 5) is 0. The molecule has 1 atom stereocenters. The van der Waals surface area contributed by atoms with Crippen LogP contribution in [0, 0.1) is 11.3 Å². The van der Waals surface area contributed by atoms with Crippen LogP contribution in [0.1, 0.15) is 19.3 Å². The third-order valence-electron chi connectivity index (χ3n) is 3.01. The van der Waals surface area contributed by atoms with Crippen molar-refractivity contribution in [3.05, 3.63) is 0 Å². The van der Waals surface area contributed by atoms with Gasteiger partial charge in [-0.3, -0.25) is 4.48 Å². The molecule has 12 heavy (non-hydrogen) atoms.